The Hall–Kier alpha value is -4.58. The number of carbonyl (C=O) groups is 3. The van der Waals surface area contributed by atoms with Gasteiger partial charge in [-0.1, -0.05) is 62.2 Å². The molecule has 1 fully saturated rings. The Morgan fingerprint density at radius 2 is 1.31 bits per heavy atom. The topological polar surface area (TPSA) is 198 Å². The third-order valence-electron chi connectivity index (χ3n) is 11.5. The van der Waals surface area contributed by atoms with Crippen molar-refractivity contribution in [2.45, 2.75) is 63.8 Å². The first kappa shape index (κ1) is 62.0. The van der Waals surface area contributed by atoms with Crippen LogP contribution in [0.5, 0.6) is 5.75 Å². The van der Waals surface area contributed by atoms with Crippen LogP contribution in [0.2, 0.25) is 10.0 Å². The minimum absolute atomic E-state index is 0.00985. The van der Waals surface area contributed by atoms with Crippen molar-refractivity contribution in [3.05, 3.63) is 93.0 Å². The molecule has 0 saturated carbocycles. The first-order chi connectivity index (χ1) is 35.6. The number of anilines is 1. The van der Waals surface area contributed by atoms with Gasteiger partial charge >= 0.3 is 12.1 Å². The zero-order chi connectivity index (χ0) is 53.9. The fraction of sp³-hybridized carbons (Fsp3) is 0.577. The Bertz CT molecular complexity index is 2210. The molecule has 5 atom stereocenters. The highest BCUT2D eigenvalue weighted by Crippen LogP contribution is 2.53. The van der Waals surface area contributed by atoms with Crippen molar-refractivity contribution in [2.75, 3.05) is 132 Å². The molecule has 0 bridgehead atoms. The molecule has 2 unspecified atom stereocenters. The minimum atomic E-state index is -1.38. The third-order valence-corrected chi connectivity index (χ3v) is 12.0. The molecule has 1 amide bonds. The van der Waals surface area contributed by atoms with Gasteiger partial charge in [0.25, 0.3) is 0 Å². The number of esters is 1. The lowest BCUT2D eigenvalue weighted by atomic mass is 9.61. The molecule has 4 rings (SSSR count). The Balaban J connectivity index is 1.20. The third kappa shape index (κ3) is 19.8. The van der Waals surface area contributed by atoms with E-state index in [1.54, 1.807) is 13.2 Å². The normalized spacial score (nSPS) is 17.9. The number of nitrogens with zero attached hydrogens (tertiary/aromatic N) is 1. The van der Waals surface area contributed by atoms with E-state index < -0.39 is 59.4 Å². The van der Waals surface area contributed by atoms with Gasteiger partial charge in [0.2, 0.25) is 12.2 Å². The average Bonchev–Trinajstić information content (AvgIpc) is 3.65. The second-order valence-corrected chi connectivity index (χ2v) is 18.8. The lowest BCUT2D eigenvalue weighted by Crippen LogP contribution is -2.48. The zero-order valence-corrected chi connectivity index (χ0v) is 44.5. The summed E-state index contributed by atoms with van der Waals surface area (Å²) in [5.41, 5.74) is -1.39. The van der Waals surface area contributed by atoms with Crippen LogP contribution in [0.15, 0.2) is 59.6 Å². The van der Waals surface area contributed by atoms with E-state index in [1.807, 2.05) is 20.8 Å². The van der Waals surface area contributed by atoms with Gasteiger partial charge in [-0.3, -0.25) is 9.79 Å². The predicted molar refractivity (Wildman–Crippen MR) is 273 cm³/mol. The molecule has 18 nitrogen and oxygen atoms in total. The van der Waals surface area contributed by atoms with Gasteiger partial charge < -0.3 is 67.5 Å². The molecular weight excluding hydrogens is 1020 g/mol. The van der Waals surface area contributed by atoms with Gasteiger partial charge in [0.05, 0.1) is 135 Å². The van der Waals surface area contributed by atoms with Crippen molar-refractivity contribution >= 4 is 53.6 Å². The van der Waals surface area contributed by atoms with E-state index in [0.717, 1.165) is 0 Å². The van der Waals surface area contributed by atoms with E-state index in [1.165, 1.54) is 62.6 Å². The molecule has 0 aromatic heterocycles. The summed E-state index contributed by atoms with van der Waals surface area (Å²) in [6.45, 7) is 17.0. The number of ether oxygens (including phenoxy) is 12. The van der Waals surface area contributed by atoms with E-state index >= 15 is 8.78 Å². The minimum Gasteiger partial charge on any atom is -0.495 e. The molecule has 1 aliphatic heterocycles. The molecule has 412 valence electrons. The highest BCUT2D eigenvalue weighted by atomic mass is 35.5. The summed E-state index contributed by atoms with van der Waals surface area (Å²) in [5.74, 6) is -3.98. The van der Waals surface area contributed by atoms with Gasteiger partial charge in [0.15, 0.2) is 0 Å². The number of rotatable bonds is 35. The summed E-state index contributed by atoms with van der Waals surface area (Å²) in [6.07, 6.45) is -2.05. The standard InChI is InChI=1S/C52H71Cl2F2N3O15/c1-35(74-50(62)72-30-29-71-28-27-70-26-25-69-24-23-68-22-21-67-20-19-66-18-17-65-16-15-63-6)73-49(61)36-11-14-42(43(31-36)64-7)58-48(60)47-45(38-9-8-10-40(54)46(38)56)52(34-57-5,44(59-47)33-51(2,3)4)39-13-12-37(53)32-41(39)55/h8-14,31-32,35,44-45,47,59H,5,15-30,33-34H2,1-4,6-7H3,(H,58,60)/t35?,44?,45-,47+,52-/m0/s1. The molecule has 74 heavy (non-hydrogen) atoms. The van der Waals surface area contributed by atoms with Crippen molar-refractivity contribution in [1.82, 2.24) is 5.32 Å². The first-order valence-electron chi connectivity index (χ1n) is 24.2. The highest BCUT2D eigenvalue weighted by molar-refractivity contribution is 6.31. The largest absolute Gasteiger partial charge is 0.511 e. The van der Waals surface area contributed by atoms with Crippen LogP contribution in [-0.2, 0) is 62.3 Å². The van der Waals surface area contributed by atoms with Crippen molar-refractivity contribution in [3.63, 3.8) is 0 Å². The number of carbonyl (C=O) groups excluding carboxylic acids is 3. The summed E-state index contributed by atoms with van der Waals surface area (Å²) in [7, 11) is 2.96. The molecule has 0 radical (unpaired) electrons. The van der Waals surface area contributed by atoms with Crippen LogP contribution in [-0.4, -0.2) is 170 Å². The van der Waals surface area contributed by atoms with E-state index in [4.69, 9.17) is 80.0 Å². The fourth-order valence-corrected chi connectivity index (χ4v) is 8.61. The number of amides is 1. The summed E-state index contributed by atoms with van der Waals surface area (Å²) in [6, 6.07) is 10.9. The molecule has 1 saturated heterocycles. The van der Waals surface area contributed by atoms with Crippen LogP contribution in [0.1, 0.15) is 61.5 Å². The summed E-state index contributed by atoms with van der Waals surface area (Å²) in [5, 5.41) is 6.25. The summed E-state index contributed by atoms with van der Waals surface area (Å²) in [4.78, 5) is 44.4. The van der Waals surface area contributed by atoms with E-state index in [2.05, 4.69) is 22.3 Å². The van der Waals surface area contributed by atoms with E-state index in [-0.39, 0.29) is 70.0 Å². The molecule has 0 spiro atoms. The Morgan fingerprint density at radius 1 is 0.757 bits per heavy atom. The predicted octanol–water partition coefficient (Wildman–Crippen LogP) is 7.84. The summed E-state index contributed by atoms with van der Waals surface area (Å²) >= 11 is 12.6. The number of halogens is 4. The number of methoxy groups -OCH3 is 2. The molecule has 2 N–H and O–H groups in total. The zero-order valence-electron chi connectivity index (χ0n) is 43.0. The molecular formula is C52H71Cl2F2N3O15. The number of hydrogen-bond acceptors (Lipinski definition) is 17. The maximum Gasteiger partial charge on any atom is 0.511 e. The average molecular weight is 1090 g/mol. The maximum absolute atomic E-state index is 16.3. The van der Waals surface area contributed by atoms with Crippen LogP contribution in [0.4, 0.5) is 19.3 Å². The number of aliphatic imine (C=N–C) groups is 1. The quantitative estimate of drug-likeness (QED) is 0.0250. The van der Waals surface area contributed by atoms with Crippen LogP contribution in [0, 0.1) is 17.0 Å². The Kier molecular flexibility index (Phi) is 27.4. The first-order valence-corrected chi connectivity index (χ1v) is 25.0. The van der Waals surface area contributed by atoms with Crippen molar-refractivity contribution in [2.24, 2.45) is 10.4 Å². The van der Waals surface area contributed by atoms with Gasteiger partial charge in [0, 0.05) is 36.4 Å². The maximum atomic E-state index is 16.3. The monoisotopic (exact) mass is 1090 g/mol. The van der Waals surface area contributed by atoms with Crippen LogP contribution in [0.3, 0.4) is 0 Å². The molecule has 3 aromatic carbocycles. The number of hydrogen-bond donors (Lipinski definition) is 2. The Labute approximate surface area is 442 Å². The van der Waals surface area contributed by atoms with Gasteiger partial charge in [-0.15, -0.1) is 0 Å². The van der Waals surface area contributed by atoms with Gasteiger partial charge in [-0.05, 0) is 66.1 Å². The fourth-order valence-electron chi connectivity index (χ4n) is 8.27. The van der Waals surface area contributed by atoms with Crippen LogP contribution < -0.4 is 15.4 Å². The second kappa shape index (κ2) is 32.8. The smallest absolute Gasteiger partial charge is 0.495 e. The van der Waals surface area contributed by atoms with Crippen molar-refractivity contribution < 1.29 is 80.0 Å². The Morgan fingerprint density at radius 3 is 1.82 bits per heavy atom. The lowest BCUT2D eigenvalue weighted by Gasteiger charge is -2.42. The van der Waals surface area contributed by atoms with Crippen LogP contribution in [0.25, 0.3) is 0 Å². The molecule has 22 heteroatoms. The number of benzene rings is 3. The van der Waals surface area contributed by atoms with Gasteiger partial charge in [0.1, 0.15) is 24.0 Å². The van der Waals surface area contributed by atoms with Crippen LogP contribution >= 0.6 is 23.2 Å². The molecule has 3 aromatic rings. The van der Waals surface area contributed by atoms with E-state index in [0.29, 0.717) is 92.3 Å². The molecule has 1 aliphatic rings. The van der Waals surface area contributed by atoms with Gasteiger partial charge in [-0.2, -0.15) is 0 Å². The van der Waals surface area contributed by atoms with Crippen molar-refractivity contribution in [1.29, 1.82) is 0 Å². The highest BCUT2D eigenvalue weighted by Gasteiger charge is 2.60. The second-order valence-electron chi connectivity index (χ2n) is 18.0. The van der Waals surface area contributed by atoms with Crippen molar-refractivity contribution in [3.8, 4) is 5.75 Å². The molecule has 0 aliphatic carbocycles. The number of nitrogens with one attached hydrogen (secondary N) is 2. The molecule has 1 heterocycles. The lowest BCUT2D eigenvalue weighted by molar-refractivity contribution is -0.118. The summed E-state index contributed by atoms with van der Waals surface area (Å²) < 4.78 is 96.4. The SMILES string of the molecule is C=NC[C@]1(c2ccc(Cl)cc2F)C(CC(C)(C)C)N[C@@H](C(=O)Nc2ccc(C(=O)OC(C)OC(=O)OCCOCCOCCOCCOCCOCCOCCOCCOC)cc2OC)[C@@H]1c1cccc(Cl)c1F. The van der Waals surface area contributed by atoms with E-state index in [9.17, 15) is 14.4 Å². The van der Waals surface area contributed by atoms with Gasteiger partial charge in [-0.25, -0.2) is 18.4 Å².